The van der Waals surface area contributed by atoms with E-state index < -0.39 is 5.97 Å². The smallest absolute Gasteiger partial charge is 0.307 e. The molecule has 0 saturated heterocycles. The van der Waals surface area contributed by atoms with Gasteiger partial charge < -0.3 is 5.11 Å². The number of rotatable bonds is 4. The third-order valence-electron chi connectivity index (χ3n) is 4.21. The fourth-order valence-corrected chi connectivity index (χ4v) is 3.43. The van der Waals surface area contributed by atoms with E-state index in [1.165, 1.54) is 6.42 Å². The first-order valence-electron chi connectivity index (χ1n) is 7.03. The summed E-state index contributed by atoms with van der Waals surface area (Å²) < 4.78 is 0. The second-order valence-electron chi connectivity index (χ2n) is 5.81. The van der Waals surface area contributed by atoms with E-state index in [1.54, 1.807) is 0 Å². The van der Waals surface area contributed by atoms with Gasteiger partial charge in [0.1, 0.15) is 0 Å². The summed E-state index contributed by atoms with van der Waals surface area (Å²) in [6.07, 6.45) is 5.07. The Morgan fingerprint density at radius 1 is 1.47 bits per heavy atom. The van der Waals surface area contributed by atoms with Crippen LogP contribution in [0.25, 0.3) is 0 Å². The Balaban J connectivity index is 2.09. The van der Waals surface area contributed by atoms with E-state index in [2.05, 4.69) is 6.92 Å². The highest BCUT2D eigenvalue weighted by molar-refractivity contribution is 6.30. The zero-order chi connectivity index (χ0) is 13.8. The molecule has 0 spiro atoms. The highest BCUT2D eigenvalue weighted by Crippen LogP contribution is 2.35. The molecule has 19 heavy (non-hydrogen) atoms. The normalized spacial score (nSPS) is 24.9. The van der Waals surface area contributed by atoms with Gasteiger partial charge in [-0.15, -0.1) is 0 Å². The third kappa shape index (κ3) is 3.97. The number of hydrogen-bond donors (Lipinski definition) is 1. The summed E-state index contributed by atoms with van der Waals surface area (Å²) in [4.78, 5) is 11.6. The first-order valence-corrected chi connectivity index (χ1v) is 7.41. The number of carbonyl (C=O) groups is 1. The van der Waals surface area contributed by atoms with Crippen LogP contribution in [0.3, 0.4) is 0 Å². The number of carboxylic acids is 1. The molecule has 3 unspecified atom stereocenters. The van der Waals surface area contributed by atoms with Gasteiger partial charge in [-0.25, -0.2) is 0 Å². The first kappa shape index (κ1) is 14.4. The van der Waals surface area contributed by atoms with E-state index >= 15 is 0 Å². The molecule has 104 valence electrons. The quantitative estimate of drug-likeness (QED) is 0.887. The van der Waals surface area contributed by atoms with Gasteiger partial charge in [-0.05, 0) is 48.8 Å². The average Bonchev–Trinajstić information content (AvgIpc) is 2.35. The van der Waals surface area contributed by atoms with Gasteiger partial charge in [-0.3, -0.25) is 4.79 Å². The zero-order valence-electron chi connectivity index (χ0n) is 11.3. The largest absolute Gasteiger partial charge is 0.481 e. The van der Waals surface area contributed by atoms with Crippen molar-refractivity contribution in [1.82, 2.24) is 0 Å². The molecule has 1 saturated carbocycles. The van der Waals surface area contributed by atoms with Crippen molar-refractivity contribution >= 4 is 17.6 Å². The lowest BCUT2D eigenvalue weighted by atomic mass is 9.74. The number of benzene rings is 1. The van der Waals surface area contributed by atoms with Crippen LogP contribution in [0.2, 0.25) is 5.02 Å². The van der Waals surface area contributed by atoms with E-state index in [1.807, 2.05) is 24.3 Å². The van der Waals surface area contributed by atoms with E-state index in [4.69, 9.17) is 11.6 Å². The van der Waals surface area contributed by atoms with Crippen molar-refractivity contribution in [3.63, 3.8) is 0 Å². The van der Waals surface area contributed by atoms with Crippen LogP contribution in [0.4, 0.5) is 0 Å². The van der Waals surface area contributed by atoms with Gasteiger partial charge in [0.25, 0.3) is 0 Å². The van der Waals surface area contributed by atoms with Gasteiger partial charge in [-0.2, -0.15) is 0 Å². The molecule has 2 nitrogen and oxygen atoms in total. The summed E-state index contributed by atoms with van der Waals surface area (Å²) >= 11 is 5.97. The molecule has 0 heterocycles. The highest BCUT2D eigenvalue weighted by Gasteiger charge is 2.31. The summed E-state index contributed by atoms with van der Waals surface area (Å²) in [5, 5.41) is 10.2. The number of aliphatic carboxylic acids is 1. The van der Waals surface area contributed by atoms with Crippen LogP contribution in [0.15, 0.2) is 24.3 Å². The SMILES string of the molecule is CC1CCCC(C(Cc2cccc(Cl)c2)C(=O)O)C1. The van der Waals surface area contributed by atoms with Crippen LogP contribution in [0.5, 0.6) is 0 Å². The van der Waals surface area contributed by atoms with Crippen LogP contribution < -0.4 is 0 Å². The summed E-state index contributed by atoms with van der Waals surface area (Å²) in [6.45, 7) is 2.23. The van der Waals surface area contributed by atoms with Crippen LogP contribution in [-0.2, 0) is 11.2 Å². The Kier molecular flexibility index (Phi) is 4.87. The molecule has 3 heteroatoms. The minimum Gasteiger partial charge on any atom is -0.481 e. The maximum absolute atomic E-state index is 11.6. The molecule has 0 aliphatic heterocycles. The number of halogens is 1. The van der Waals surface area contributed by atoms with E-state index in [0.717, 1.165) is 24.8 Å². The maximum Gasteiger partial charge on any atom is 0.307 e. The van der Waals surface area contributed by atoms with E-state index in [9.17, 15) is 9.90 Å². The Morgan fingerprint density at radius 2 is 2.26 bits per heavy atom. The van der Waals surface area contributed by atoms with Crippen molar-refractivity contribution in [2.45, 2.75) is 39.0 Å². The lowest BCUT2D eigenvalue weighted by Crippen LogP contribution is -2.29. The van der Waals surface area contributed by atoms with Gasteiger partial charge in [0.2, 0.25) is 0 Å². The van der Waals surface area contributed by atoms with Crippen LogP contribution in [0, 0.1) is 17.8 Å². The summed E-state index contributed by atoms with van der Waals surface area (Å²) in [5.74, 6) is 0.0143. The lowest BCUT2D eigenvalue weighted by molar-refractivity contribution is -0.144. The monoisotopic (exact) mass is 280 g/mol. The Hall–Kier alpha value is -1.02. The highest BCUT2D eigenvalue weighted by atomic mass is 35.5. The minimum absolute atomic E-state index is 0.277. The van der Waals surface area contributed by atoms with Crippen molar-refractivity contribution in [3.05, 3.63) is 34.9 Å². The van der Waals surface area contributed by atoms with Crippen LogP contribution >= 0.6 is 11.6 Å². The summed E-state index contributed by atoms with van der Waals surface area (Å²) in [7, 11) is 0. The molecule has 0 radical (unpaired) electrons. The molecule has 0 aromatic heterocycles. The van der Waals surface area contributed by atoms with Crippen molar-refractivity contribution in [2.75, 3.05) is 0 Å². The van der Waals surface area contributed by atoms with Gasteiger partial charge >= 0.3 is 5.97 Å². The van der Waals surface area contributed by atoms with Gasteiger partial charge in [0.15, 0.2) is 0 Å². The molecule has 2 rings (SSSR count). The van der Waals surface area contributed by atoms with Crippen molar-refractivity contribution in [3.8, 4) is 0 Å². The van der Waals surface area contributed by atoms with Crippen molar-refractivity contribution in [2.24, 2.45) is 17.8 Å². The van der Waals surface area contributed by atoms with Crippen LogP contribution in [-0.4, -0.2) is 11.1 Å². The fourth-order valence-electron chi connectivity index (χ4n) is 3.22. The Bertz CT molecular complexity index is 444. The molecule has 1 aliphatic carbocycles. The standard InChI is InChI=1S/C16H21ClO2/c1-11-4-2-6-13(8-11)15(16(18)19)10-12-5-3-7-14(17)9-12/h3,5,7,9,11,13,15H,2,4,6,8,10H2,1H3,(H,18,19). The molecule has 1 fully saturated rings. The molecule has 1 N–H and O–H groups in total. The molecule has 1 aromatic rings. The summed E-state index contributed by atoms with van der Waals surface area (Å²) in [6, 6.07) is 7.56. The molecule has 1 aromatic carbocycles. The lowest BCUT2D eigenvalue weighted by Gasteiger charge is -2.31. The second-order valence-corrected chi connectivity index (χ2v) is 6.25. The van der Waals surface area contributed by atoms with Crippen molar-refractivity contribution in [1.29, 1.82) is 0 Å². The predicted molar refractivity (Wildman–Crippen MR) is 77.4 cm³/mol. The van der Waals surface area contributed by atoms with Crippen molar-refractivity contribution < 1.29 is 9.90 Å². The zero-order valence-corrected chi connectivity index (χ0v) is 12.1. The molecular weight excluding hydrogens is 260 g/mol. The second kappa shape index (κ2) is 6.42. The number of carboxylic acid groups (broad SMARTS) is 1. The molecule has 0 amide bonds. The number of hydrogen-bond acceptors (Lipinski definition) is 1. The van der Waals surface area contributed by atoms with Gasteiger partial charge in [0.05, 0.1) is 5.92 Å². The van der Waals surface area contributed by atoms with Gasteiger partial charge in [-0.1, -0.05) is 43.5 Å². The maximum atomic E-state index is 11.6. The molecule has 3 atom stereocenters. The Morgan fingerprint density at radius 3 is 2.89 bits per heavy atom. The molecule has 0 bridgehead atoms. The van der Waals surface area contributed by atoms with Crippen LogP contribution in [0.1, 0.15) is 38.2 Å². The Labute approximate surface area is 119 Å². The molecular formula is C16H21ClO2. The average molecular weight is 281 g/mol. The predicted octanol–water partition coefficient (Wildman–Crippen LogP) is 4.41. The van der Waals surface area contributed by atoms with Gasteiger partial charge in [0, 0.05) is 5.02 Å². The molecule has 1 aliphatic rings. The third-order valence-corrected chi connectivity index (χ3v) is 4.44. The van der Waals surface area contributed by atoms with E-state index in [-0.39, 0.29) is 5.92 Å². The topological polar surface area (TPSA) is 37.3 Å². The summed E-state index contributed by atoms with van der Waals surface area (Å²) in [5.41, 5.74) is 1.03. The minimum atomic E-state index is -0.668. The first-order chi connectivity index (χ1) is 9.06. The van der Waals surface area contributed by atoms with E-state index in [0.29, 0.717) is 23.3 Å². The fraction of sp³-hybridized carbons (Fsp3) is 0.562.